The molecule has 5 heteroatoms. The van der Waals surface area contributed by atoms with Crippen LogP contribution in [0.25, 0.3) is 0 Å². The summed E-state index contributed by atoms with van der Waals surface area (Å²) in [5.41, 5.74) is 1.44. The van der Waals surface area contributed by atoms with Crippen LogP contribution in [0.1, 0.15) is 36.2 Å². The van der Waals surface area contributed by atoms with Gasteiger partial charge < -0.3 is 4.74 Å². The van der Waals surface area contributed by atoms with Gasteiger partial charge in [-0.25, -0.2) is 4.79 Å². The third-order valence-electron chi connectivity index (χ3n) is 2.96. The Kier molecular flexibility index (Phi) is 6.72. The Labute approximate surface area is 125 Å². The highest BCUT2D eigenvalue weighted by molar-refractivity contribution is 9.10. The van der Waals surface area contributed by atoms with Crippen LogP contribution in [0, 0.1) is 5.92 Å². The lowest BCUT2D eigenvalue weighted by Crippen LogP contribution is -2.09. The highest BCUT2D eigenvalue weighted by Crippen LogP contribution is 2.21. The molecule has 0 N–H and O–H groups in total. The van der Waals surface area contributed by atoms with Crippen LogP contribution in [0.2, 0.25) is 0 Å². The number of carbonyl (C=O) groups is 1. The monoisotopic (exact) mass is 346 g/mol. The quantitative estimate of drug-likeness (QED) is 0.740. The Balaban J connectivity index is 2.75. The molecule has 0 heterocycles. The number of ether oxygens (including phenoxy) is 1. The molecule has 0 bridgehead atoms. The maximum absolute atomic E-state index is 12.0. The van der Waals surface area contributed by atoms with Gasteiger partial charge in [0.05, 0.1) is 12.7 Å². The molecule has 0 radical (unpaired) electrons. The molecule has 3 nitrogen and oxygen atoms in total. The van der Waals surface area contributed by atoms with E-state index in [1.54, 1.807) is 12.1 Å². The lowest BCUT2D eigenvalue weighted by atomic mass is 10.1. The Morgan fingerprint density at radius 1 is 1.47 bits per heavy atom. The normalized spacial score (nSPS) is 13.9. The number of hydrogen-bond donors (Lipinski definition) is 0. The standard InChI is InChI=1S/C14H19BrO3S/c1-4-10(2)8-19(17)9-12-6-5-11(7-13(12)15)14(16)18-3/h5-7,10H,4,8-9H2,1-3H3. The van der Waals surface area contributed by atoms with E-state index in [1.165, 1.54) is 7.11 Å². The summed E-state index contributed by atoms with van der Waals surface area (Å²) in [6, 6.07) is 5.23. The van der Waals surface area contributed by atoms with Crippen molar-refractivity contribution >= 4 is 32.7 Å². The fraction of sp³-hybridized carbons (Fsp3) is 0.500. The summed E-state index contributed by atoms with van der Waals surface area (Å²) in [6.07, 6.45) is 1.04. The summed E-state index contributed by atoms with van der Waals surface area (Å²) < 4.78 is 17.5. The Morgan fingerprint density at radius 3 is 2.68 bits per heavy atom. The second kappa shape index (κ2) is 7.80. The van der Waals surface area contributed by atoms with Gasteiger partial charge in [0.15, 0.2) is 0 Å². The zero-order chi connectivity index (χ0) is 14.4. The summed E-state index contributed by atoms with van der Waals surface area (Å²) in [6.45, 7) is 4.20. The van der Waals surface area contributed by atoms with Gasteiger partial charge in [-0.15, -0.1) is 0 Å². The summed E-state index contributed by atoms with van der Waals surface area (Å²) in [5, 5.41) is 0. The van der Waals surface area contributed by atoms with Gasteiger partial charge in [0.25, 0.3) is 0 Å². The summed E-state index contributed by atoms with van der Waals surface area (Å²) >= 11 is 3.41. The van der Waals surface area contributed by atoms with Crippen molar-refractivity contribution in [2.45, 2.75) is 26.0 Å². The van der Waals surface area contributed by atoms with Crippen molar-refractivity contribution in [3.05, 3.63) is 33.8 Å². The van der Waals surface area contributed by atoms with Gasteiger partial charge in [-0.2, -0.15) is 0 Å². The van der Waals surface area contributed by atoms with Crippen LogP contribution in [0.4, 0.5) is 0 Å². The van der Waals surface area contributed by atoms with Gasteiger partial charge in [-0.3, -0.25) is 4.21 Å². The average molecular weight is 347 g/mol. The van der Waals surface area contributed by atoms with E-state index < -0.39 is 10.8 Å². The Bertz CT molecular complexity index is 474. The maximum atomic E-state index is 12.0. The van der Waals surface area contributed by atoms with Crippen molar-refractivity contribution in [3.63, 3.8) is 0 Å². The lowest BCUT2D eigenvalue weighted by molar-refractivity contribution is 0.0600. The van der Waals surface area contributed by atoms with E-state index in [-0.39, 0.29) is 5.97 Å². The van der Waals surface area contributed by atoms with Gasteiger partial charge >= 0.3 is 5.97 Å². The van der Waals surface area contributed by atoms with Crippen molar-refractivity contribution in [1.29, 1.82) is 0 Å². The Hall–Kier alpha value is -0.680. The van der Waals surface area contributed by atoms with Crippen molar-refractivity contribution in [3.8, 4) is 0 Å². The topological polar surface area (TPSA) is 43.4 Å². The van der Waals surface area contributed by atoms with Crippen LogP contribution in [0.3, 0.4) is 0 Å². The molecule has 2 atom stereocenters. The van der Waals surface area contributed by atoms with Gasteiger partial charge in [0.2, 0.25) is 0 Å². The third kappa shape index (κ3) is 5.07. The van der Waals surface area contributed by atoms with Gasteiger partial charge in [0.1, 0.15) is 0 Å². The second-order valence-corrected chi connectivity index (χ2v) is 6.92. The molecule has 0 aromatic heterocycles. The molecule has 0 amide bonds. The van der Waals surface area contributed by atoms with E-state index in [0.29, 0.717) is 23.0 Å². The highest BCUT2D eigenvalue weighted by Gasteiger charge is 2.12. The lowest BCUT2D eigenvalue weighted by Gasteiger charge is -2.10. The van der Waals surface area contributed by atoms with Crippen LogP contribution >= 0.6 is 15.9 Å². The molecule has 106 valence electrons. The van der Waals surface area contributed by atoms with Crippen LogP contribution in [0.15, 0.2) is 22.7 Å². The maximum Gasteiger partial charge on any atom is 0.337 e. The minimum Gasteiger partial charge on any atom is -0.465 e. The molecule has 1 aromatic carbocycles. The number of halogens is 1. The molecular weight excluding hydrogens is 328 g/mol. The minimum atomic E-state index is -0.877. The first-order valence-corrected chi connectivity index (χ1v) is 8.47. The number of benzene rings is 1. The molecule has 1 rings (SSSR count). The fourth-order valence-corrected chi connectivity index (χ4v) is 3.87. The molecule has 2 unspecified atom stereocenters. The second-order valence-electron chi connectivity index (χ2n) is 4.56. The minimum absolute atomic E-state index is 0.368. The fourth-order valence-electron chi connectivity index (χ4n) is 1.58. The largest absolute Gasteiger partial charge is 0.465 e. The van der Waals surface area contributed by atoms with Crippen molar-refractivity contribution < 1.29 is 13.7 Å². The van der Waals surface area contributed by atoms with E-state index in [0.717, 1.165) is 16.5 Å². The van der Waals surface area contributed by atoms with E-state index in [1.807, 2.05) is 6.07 Å². The van der Waals surface area contributed by atoms with Crippen molar-refractivity contribution in [2.24, 2.45) is 5.92 Å². The number of rotatable bonds is 6. The average Bonchev–Trinajstić information content (AvgIpc) is 2.39. The number of esters is 1. The molecule has 0 saturated heterocycles. The molecule has 0 saturated carbocycles. The molecule has 0 aliphatic heterocycles. The van der Waals surface area contributed by atoms with Crippen molar-refractivity contribution in [1.82, 2.24) is 0 Å². The van der Waals surface area contributed by atoms with Gasteiger partial charge in [-0.05, 0) is 23.6 Å². The van der Waals surface area contributed by atoms with Gasteiger partial charge in [-0.1, -0.05) is 42.3 Å². The van der Waals surface area contributed by atoms with E-state index in [2.05, 4.69) is 34.5 Å². The van der Waals surface area contributed by atoms with E-state index >= 15 is 0 Å². The molecule has 0 spiro atoms. The molecule has 19 heavy (non-hydrogen) atoms. The number of methoxy groups -OCH3 is 1. The van der Waals surface area contributed by atoms with E-state index in [9.17, 15) is 9.00 Å². The zero-order valence-electron chi connectivity index (χ0n) is 11.4. The third-order valence-corrected chi connectivity index (χ3v) is 5.27. The number of carbonyl (C=O) groups excluding carboxylic acids is 1. The summed E-state index contributed by atoms with van der Waals surface area (Å²) in [5.74, 6) is 1.32. The number of hydrogen-bond acceptors (Lipinski definition) is 3. The van der Waals surface area contributed by atoms with Crippen LogP contribution in [-0.2, 0) is 21.3 Å². The SMILES string of the molecule is CCC(C)CS(=O)Cc1ccc(C(=O)OC)cc1Br. The first-order valence-electron chi connectivity index (χ1n) is 6.19. The zero-order valence-corrected chi connectivity index (χ0v) is 13.8. The first-order chi connectivity index (χ1) is 8.97. The first kappa shape index (κ1) is 16.4. The van der Waals surface area contributed by atoms with Crippen LogP contribution in [0.5, 0.6) is 0 Å². The highest BCUT2D eigenvalue weighted by atomic mass is 79.9. The summed E-state index contributed by atoms with van der Waals surface area (Å²) in [7, 11) is 0.476. The molecule has 0 fully saturated rings. The summed E-state index contributed by atoms with van der Waals surface area (Å²) in [4.78, 5) is 11.4. The Morgan fingerprint density at radius 2 is 2.16 bits per heavy atom. The predicted molar refractivity (Wildman–Crippen MR) is 81.6 cm³/mol. The molecule has 0 aliphatic carbocycles. The van der Waals surface area contributed by atoms with Gasteiger partial charge in [0, 0.05) is 26.8 Å². The van der Waals surface area contributed by atoms with E-state index in [4.69, 9.17) is 0 Å². The predicted octanol–water partition coefficient (Wildman–Crippen LogP) is 3.53. The smallest absolute Gasteiger partial charge is 0.337 e. The van der Waals surface area contributed by atoms with Crippen LogP contribution < -0.4 is 0 Å². The molecular formula is C14H19BrO3S. The molecule has 0 aliphatic rings. The van der Waals surface area contributed by atoms with Crippen molar-refractivity contribution in [2.75, 3.05) is 12.9 Å². The molecule has 1 aromatic rings. The van der Waals surface area contributed by atoms with Crippen LogP contribution in [-0.4, -0.2) is 23.0 Å².